The minimum Gasteiger partial charge on any atom is -0.352 e. The lowest BCUT2D eigenvalue weighted by atomic mass is 10.1. The highest BCUT2D eigenvalue weighted by atomic mass is 127. The summed E-state index contributed by atoms with van der Waals surface area (Å²) in [6.07, 6.45) is 3.92. The Labute approximate surface area is 166 Å². The highest BCUT2D eigenvalue weighted by molar-refractivity contribution is 14.0. The zero-order valence-electron chi connectivity index (χ0n) is 14.6. The Morgan fingerprint density at radius 1 is 1.17 bits per heavy atom. The molecule has 0 unspecified atom stereocenters. The van der Waals surface area contributed by atoms with Gasteiger partial charge in [-0.25, -0.2) is 0 Å². The van der Waals surface area contributed by atoms with Gasteiger partial charge in [0, 0.05) is 24.7 Å². The zero-order chi connectivity index (χ0) is 16.7. The van der Waals surface area contributed by atoms with E-state index in [1.807, 2.05) is 12.3 Å². The van der Waals surface area contributed by atoms with E-state index in [4.69, 9.17) is 0 Å². The Morgan fingerprint density at radius 2 is 1.92 bits per heavy atom. The van der Waals surface area contributed by atoms with E-state index in [0.717, 1.165) is 18.2 Å². The highest BCUT2D eigenvalue weighted by Gasteiger charge is 2.05. The van der Waals surface area contributed by atoms with Crippen LogP contribution in [0.1, 0.15) is 22.4 Å². The van der Waals surface area contributed by atoms with Crippen LogP contribution in [-0.2, 0) is 13.1 Å². The minimum atomic E-state index is 0. The maximum Gasteiger partial charge on any atom is 0.191 e. The van der Waals surface area contributed by atoms with Crippen molar-refractivity contribution in [3.05, 3.63) is 58.9 Å². The highest BCUT2D eigenvalue weighted by Crippen LogP contribution is 2.21. The lowest BCUT2D eigenvalue weighted by molar-refractivity contribution is 0.784. The quantitative estimate of drug-likeness (QED) is 0.310. The van der Waals surface area contributed by atoms with Crippen LogP contribution in [0.3, 0.4) is 0 Å². The normalized spacial score (nSPS) is 10.9. The molecule has 1 aromatic heterocycles. The molecular formula is C18H25IN4S. The molecule has 0 amide bonds. The van der Waals surface area contributed by atoms with Gasteiger partial charge in [-0.15, -0.1) is 35.7 Å². The third-order valence-electron chi connectivity index (χ3n) is 3.65. The van der Waals surface area contributed by atoms with Crippen LogP contribution in [-0.4, -0.2) is 24.2 Å². The Balaban J connectivity index is 0.00000288. The molecule has 4 nitrogen and oxygen atoms in total. The van der Waals surface area contributed by atoms with Crippen molar-refractivity contribution in [2.24, 2.45) is 4.99 Å². The van der Waals surface area contributed by atoms with Gasteiger partial charge in [0.05, 0.1) is 12.2 Å². The topological polar surface area (TPSA) is 49.3 Å². The summed E-state index contributed by atoms with van der Waals surface area (Å²) in [6.45, 7) is 5.59. The van der Waals surface area contributed by atoms with E-state index in [1.165, 1.54) is 21.6 Å². The average Bonchev–Trinajstić information content (AvgIpc) is 2.57. The first-order chi connectivity index (χ1) is 11.1. The summed E-state index contributed by atoms with van der Waals surface area (Å²) in [5.74, 6) is 0.780. The van der Waals surface area contributed by atoms with Crippen LogP contribution in [0.5, 0.6) is 0 Å². The second-order valence-corrected chi connectivity index (χ2v) is 6.21. The first kappa shape index (κ1) is 20.8. The van der Waals surface area contributed by atoms with E-state index in [1.54, 1.807) is 18.8 Å². The van der Waals surface area contributed by atoms with Gasteiger partial charge >= 0.3 is 0 Å². The second-order valence-electron chi connectivity index (χ2n) is 5.36. The van der Waals surface area contributed by atoms with Crippen LogP contribution in [0.4, 0.5) is 0 Å². The number of halogens is 1. The number of nitrogens with zero attached hydrogens (tertiary/aromatic N) is 2. The molecule has 0 aliphatic carbocycles. The smallest absolute Gasteiger partial charge is 0.191 e. The molecule has 1 heterocycles. The lowest BCUT2D eigenvalue weighted by Crippen LogP contribution is -2.36. The molecular weight excluding hydrogens is 431 g/mol. The fourth-order valence-corrected chi connectivity index (χ4v) is 2.97. The second kappa shape index (κ2) is 10.6. The number of benzene rings is 1. The van der Waals surface area contributed by atoms with E-state index in [2.05, 4.69) is 65.0 Å². The fraction of sp³-hybridized carbons (Fsp3) is 0.333. The van der Waals surface area contributed by atoms with Gasteiger partial charge in [0.15, 0.2) is 5.96 Å². The first-order valence-electron chi connectivity index (χ1n) is 7.62. The molecule has 130 valence electrons. The number of aliphatic imine (C=N–C) groups is 1. The van der Waals surface area contributed by atoms with Gasteiger partial charge in [-0.2, -0.15) is 0 Å². The number of aryl methyl sites for hydroxylation is 2. The largest absolute Gasteiger partial charge is 0.352 e. The molecule has 2 N–H and O–H groups in total. The molecule has 0 radical (unpaired) electrons. The predicted molar refractivity (Wildman–Crippen MR) is 114 cm³/mol. The summed E-state index contributed by atoms with van der Waals surface area (Å²) in [4.78, 5) is 9.97. The van der Waals surface area contributed by atoms with Crippen molar-refractivity contribution >= 4 is 41.7 Å². The molecule has 0 spiro atoms. The van der Waals surface area contributed by atoms with E-state index >= 15 is 0 Å². The molecule has 24 heavy (non-hydrogen) atoms. The van der Waals surface area contributed by atoms with Gasteiger partial charge in [-0.3, -0.25) is 9.98 Å². The van der Waals surface area contributed by atoms with E-state index < -0.39 is 0 Å². The van der Waals surface area contributed by atoms with Gasteiger partial charge in [-0.05, 0) is 48.9 Å². The molecule has 1 aromatic carbocycles. The molecule has 0 fully saturated rings. The molecule has 0 aliphatic heterocycles. The van der Waals surface area contributed by atoms with Gasteiger partial charge in [0.2, 0.25) is 0 Å². The van der Waals surface area contributed by atoms with Crippen LogP contribution >= 0.6 is 35.7 Å². The fourth-order valence-electron chi connectivity index (χ4n) is 2.27. The maximum atomic E-state index is 4.39. The Bertz CT molecular complexity index is 688. The van der Waals surface area contributed by atoms with Gasteiger partial charge in [0.1, 0.15) is 0 Å². The lowest BCUT2D eigenvalue weighted by Gasteiger charge is -2.14. The summed E-state index contributed by atoms with van der Waals surface area (Å²) in [7, 11) is 1.78. The molecule has 2 rings (SSSR count). The van der Waals surface area contributed by atoms with Crippen molar-refractivity contribution in [2.75, 3.05) is 13.3 Å². The third kappa shape index (κ3) is 5.98. The Kier molecular flexibility index (Phi) is 9.13. The van der Waals surface area contributed by atoms with Crippen molar-refractivity contribution < 1.29 is 0 Å². The number of pyridine rings is 1. The minimum absolute atomic E-state index is 0. The molecule has 0 aliphatic rings. The van der Waals surface area contributed by atoms with Crippen LogP contribution in [0, 0.1) is 13.8 Å². The summed E-state index contributed by atoms with van der Waals surface area (Å²) >= 11 is 1.77. The monoisotopic (exact) mass is 456 g/mol. The Morgan fingerprint density at radius 3 is 2.58 bits per heavy atom. The molecule has 6 heteroatoms. The number of guanidine groups is 1. The van der Waals surface area contributed by atoms with E-state index in [-0.39, 0.29) is 24.0 Å². The number of hydrogen-bond acceptors (Lipinski definition) is 3. The molecule has 0 bridgehead atoms. The summed E-state index contributed by atoms with van der Waals surface area (Å²) < 4.78 is 0. The van der Waals surface area contributed by atoms with Crippen LogP contribution in [0.15, 0.2) is 46.4 Å². The third-order valence-corrected chi connectivity index (χ3v) is 4.47. The number of thioether (sulfide) groups is 1. The average molecular weight is 456 g/mol. The number of rotatable bonds is 5. The molecule has 2 aromatic rings. The zero-order valence-corrected chi connectivity index (χ0v) is 17.7. The number of hydrogen-bond donors (Lipinski definition) is 2. The van der Waals surface area contributed by atoms with E-state index in [0.29, 0.717) is 6.54 Å². The summed E-state index contributed by atoms with van der Waals surface area (Å²) in [5, 5.41) is 6.68. The SMILES string of the molecule is CN=C(NCc1ccc(C)cc1SC)NCc1ncccc1C.I. The van der Waals surface area contributed by atoms with Crippen molar-refractivity contribution in [1.29, 1.82) is 0 Å². The van der Waals surface area contributed by atoms with E-state index in [9.17, 15) is 0 Å². The van der Waals surface area contributed by atoms with Gasteiger partial charge < -0.3 is 10.6 Å². The van der Waals surface area contributed by atoms with Crippen molar-refractivity contribution in [1.82, 2.24) is 15.6 Å². The maximum absolute atomic E-state index is 4.39. The molecule has 0 saturated carbocycles. The predicted octanol–water partition coefficient (Wildman–Crippen LogP) is 3.90. The van der Waals surface area contributed by atoms with Crippen molar-refractivity contribution in [2.45, 2.75) is 31.8 Å². The van der Waals surface area contributed by atoms with Gasteiger partial charge in [-0.1, -0.05) is 18.2 Å². The first-order valence-corrected chi connectivity index (χ1v) is 8.85. The molecule has 0 saturated heterocycles. The summed E-state index contributed by atoms with van der Waals surface area (Å²) in [6, 6.07) is 10.5. The number of aromatic nitrogens is 1. The molecule has 0 atom stereocenters. The van der Waals surface area contributed by atoms with Crippen LogP contribution in [0.25, 0.3) is 0 Å². The van der Waals surface area contributed by atoms with Crippen molar-refractivity contribution in [3.8, 4) is 0 Å². The van der Waals surface area contributed by atoms with Crippen LogP contribution in [0.2, 0.25) is 0 Å². The Hall–Kier alpha value is -1.28. The van der Waals surface area contributed by atoms with Crippen molar-refractivity contribution in [3.63, 3.8) is 0 Å². The number of nitrogens with one attached hydrogen (secondary N) is 2. The summed E-state index contributed by atoms with van der Waals surface area (Å²) in [5.41, 5.74) is 4.78. The van der Waals surface area contributed by atoms with Gasteiger partial charge in [0.25, 0.3) is 0 Å². The standard InChI is InChI=1S/C18H24N4S.HI/c1-13-7-8-15(17(10-13)23-4)11-21-18(19-3)22-12-16-14(2)6-5-9-20-16;/h5-10H,11-12H2,1-4H3,(H2,19,21,22);1H. The van der Waals surface area contributed by atoms with Crippen LogP contribution < -0.4 is 10.6 Å².